The normalized spacial score (nSPS) is 17.8. The molecule has 1 heterocycles. The van der Waals surface area contributed by atoms with Gasteiger partial charge in [-0.15, -0.1) is 0 Å². The number of carbonyl (C=O) groups excluding carboxylic acids is 2. The minimum atomic E-state index is -0.249. The standard InChI is InChI=1S/C10H11NO2/c1-4-5-6-8-7(2)9(12)11(3)10(8)13/h4-6H,1H2,2-3H3/b6-5-. The average molecular weight is 177 g/mol. The Balaban J connectivity index is 3.07. The first-order valence-electron chi connectivity index (χ1n) is 3.92. The lowest BCUT2D eigenvalue weighted by Crippen LogP contribution is -2.26. The molecular weight excluding hydrogens is 166 g/mol. The topological polar surface area (TPSA) is 37.4 Å². The van der Waals surface area contributed by atoms with E-state index in [9.17, 15) is 9.59 Å². The third-order valence-electron chi connectivity index (χ3n) is 1.96. The van der Waals surface area contributed by atoms with Crippen LogP contribution in [0.5, 0.6) is 0 Å². The van der Waals surface area contributed by atoms with Crippen molar-refractivity contribution in [3.05, 3.63) is 36.0 Å². The van der Waals surface area contributed by atoms with Crippen LogP contribution in [0.1, 0.15) is 6.92 Å². The molecule has 0 saturated heterocycles. The van der Waals surface area contributed by atoms with Gasteiger partial charge in [0.2, 0.25) is 0 Å². The van der Waals surface area contributed by atoms with Crippen molar-refractivity contribution in [1.29, 1.82) is 0 Å². The Morgan fingerprint density at radius 1 is 1.31 bits per heavy atom. The van der Waals surface area contributed by atoms with Crippen molar-refractivity contribution >= 4 is 11.8 Å². The first kappa shape index (κ1) is 9.45. The van der Waals surface area contributed by atoms with Gasteiger partial charge < -0.3 is 0 Å². The second kappa shape index (κ2) is 3.39. The highest BCUT2D eigenvalue weighted by molar-refractivity contribution is 6.20. The molecule has 0 aromatic heterocycles. The molecule has 0 radical (unpaired) electrons. The second-order valence-electron chi connectivity index (χ2n) is 2.80. The predicted octanol–water partition coefficient (Wildman–Crippen LogP) is 1.04. The molecule has 0 unspecified atom stereocenters. The maximum Gasteiger partial charge on any atom is 0.260 e. The maximum atomic E-state index is 11.4. The zero-order valence-electron chi connectivity index (χ0n) is 7.70. The van der Waals surface area contributed by atoms with Crippen molar-refractivity contribution in [2.75, 3.05) is 7.05 Å². The van der Waals surface area contributed by atoms with E-state index < -0.39 is 0 Å². The summed E-state index contributed by atoms with van der Waals surface area (Å²) in [6.45, 7) is 5.14. The minimum Gasteiger partial charge on any atom is -0.278 e. The summed E-state index contributed by atoms with van der Waals surface area (Å²) >= 11 is 0. The van der Waals surface area contributed by atoms with E-state index in [1.54, 1.807) is 25.2 Å². The number of hydrogen-bond acceptors (Lipinski definition) is 2. The van der Waals surface area contributed by atoms with Crippen LogP contribution in [0.3, 0.4) is 0 Å². The molecule has 1 aliphatic rings. The van der Waals surface area contributed by atoms with Gasteiger partial charge in [0.05, 0.1) is 0 Å². The van der Waals surface area contributed by atoms with Gasteiger partial charge >= 0.3 is 0 Å². The summed E-state index contributed by atoms with van der Waals surface area (Å²) in [5.41, 5.74) is 0.943. The molecule has 13 heavy (non-hydrogen) atoms. The second-order valence-corrected chi connectivity index (χ2v) is 2.80. The summed E-state index contributed by atoms with van der Waals surface area (Å²) in [4.78, 5) is 23.8. The maximum absolute atomic E-state index is 11.4. The van der Waals surface area contributed by atoms with Crippen LogP contribution in [0.2, 0.25) is 0 Å². The van der Waals surface area contributed by atoms with Crippen LogP contribution in [-0.2, 0) is 9.59 Å². The predicted molar refractivity (Wildman–Crippen MR) is 49.8 cm³/mol. The lowest BCUT2D eigenvalue weighted by Gasteiger charge is -2.04. The number of carbonyl (C=O) groups is 2. The zero-order chi connectivity index (χ0) is 10.0. The molecular formula is C10H11NO2. The Bertz CT molecular complexity index is 337. The molecule has 0 bridgehead atoms. The molecule has 1 rings (SSSR count). The van der Waals surface area contributed by atoms with E-state index in [2.05, 4.69) is 6.58 Å². The van der Waals surface area contributed by atoms with Gasteiger partial charge in [0.25, 0.3) is 11.8 Å². The molecule has 0 spiro atoms. The van der Waals surface area contributed by atoms with Gasteiger partial charge in [0, 0.05) is 18.2 Å². The highest BCUT2D eigenvalue weighted by Gasteiger charge is 2.30. The van der Waals surface area contributed by atoms with Gasteiger partial charge in [0.15, 0.2) is 0 Å². The molecule has 1 aliphatic heterocycles. The van der Waals surface area contributed by atoms with Gasteiger partial charge in [-0.2, -0.15) is 0 Å². The van der Waals surface area contributed by atoms with E-state index in [-0.39, 0.29) is 11.8 Å². The number of amides is 2. The molecule has 0 saturated carbocycles. The summed E-state index contributed by atoms with van der Waals surface area (Å²) < 4.78 is 0. The smallest absolute Gasteiger partial charge is 0.260 e. The Morgan fingerprint density at radius 2 is 1.92 bits per heavy atom. The van der Waals surface area contributed by atoms with Crippen LogP contribution in [0.15, 0.2) is 36.0 Å². The average Bonchev–Trinajstić information content (AvgIpc) is 2.30. The van der Waals surface area contributed by atoms with Crippen molar-refractivity contribution in [2.45, 2.75) is 6.92 Å². The van der Waals surface area contributed by atoms with E-state index in [1.165, 1.54) is 7.05 Å². The van der Waals surface area contributed by atoms with E-state index >= 15 is 0 Å². The number of hydrogen-bond donors (Lipinski definition) is 0. The fourth-order valence-electron chi connectivity index (χ4n) is 1.16. The Kier molecular flexibility index (Phi) is 2.46. The van der Waals surface area contributed by atoms with E-state index in [0.29, 0.717) is 11.1 Å². The quantitative estimate of drug-likeness (QED) is 0.467. The number of imide groups is 1. The monoisotopic (exact) mass is 177 g/mol. The SMILES string of the molecule is C=C/C=C\C1=C(C)C(=O)N(C)C1=O. The van der Waals surface area contributed by atoms with Crippen LogP contribution < -0.4 is 0 Å². The molecule has 0 fully saturated rings. The van der Waals surface area contributed by atoms with Gasteiger partial charge in [-0.05, 0) is 13.0 Å². The minimum absolute atomic E-state index is 0.228. The van der Waals surface area contributed by atoms with Crippen LogP contribution in [0, 0.1) is 0 Å². The molecule has 0 aromatic carbocycles. The first-order chi connectivity index (χ1) is 6.09. The molecule has 3 nitrogen and oxygen atoms in total. The molecule has 0 atom stereocenters. The van der Waals surface area contributed by atoms with E-state index in [1.807, 2.05) is 0 Å². The molecule has 2 amide bonds. The third-order valence-corrected chi connectivity index (χ3v) is 1.96. The third kappa shape index (κ3) is 1.45. The molecule has 0 aromatic rings. The molecule has 3 heteroatoms. The Hall–Kier alpha value is -1.64. The highest BCUT2D eigenvalue weighted by atomic mass is 16.2. The van der Waals surface area contributed by atoms with Crippen molar-refractivity contribution < 1.29 is 9.59 Å². The van der Waals surface area contributed by atoms with Crippen LogP contribution in [0.25, 0.3) is 0 Å². The van der Waals surface area contributed by atoms with Crippen molar-refractivity contribution in [3.8, 4) is 0 Å². The van der Waals surface area contributed by atoms with Crippen LogP contribution in [0.4, 0.5) is 0 Å². The lowest BCUT2D eigenvalue weighted by atomic mass is 10.1. The first-order valence-corrected chi connectivity index (χ1v) is 3.92. The summed E-state index contributed by atoms with van der Waals surface area (Å²) in [5, 5.41) is 0. The fourth-order valence-corrected chi connectivity index (χ4v) is 1.16. The van der Waals surface area contributed by atoms with Gasteiger partial charge in [-0.25, -0.2) is 0 Å². The van der Waals surface area contributed by atoms with Crippen LogP contribution >= 0.6 is 0 Å². The number of likely N-dealkylation sites (N-methyl/N-ethyl adjacent to an activating group) is 1. The molecule has 0 N–H and O–H groups in total. The molecule has 0 aliphatic carbocycles. The van der Waals surface area contributed by atoms with Gasteiger partial charge in [0.1, 0.15) is 0 Å². The Morgan fingerprint density at radius 3 is 2.31 bits per heavy atom. The summed E-state index contributed by atoms with van der Waals surface area (Å²) in [7, 11) is 1.48. The van der Waals surface area contributed by atoms with Crippen molar-refractivity contribution in [3.63, 3.8) is 0 Å². The molecule has 68 valence electrons. The zero-order valence-corrected chi connectivity index (χ0v) is 7.70. The summed E-state index contributed by atoms with van der Waals surface area (Å²) in [5.74, 6) is -0.477. The Labute approximate surface area is 77.0 Å². The summed E-state index contributed by atoms with van der Waals surface area (Å²) in [6.07, 6.45) is 4.81. The largest absolute Gasteiger partial charge is 0.278 e. The summed E-state index contributed by atoms with van der Waals surface area (Å²) in [6, 6.07) is 0. The van der Waals surface area contributed by atoms with Gasteiger partial charge in [-0.3, -0.25) is 14.5 Å². The van der Waals surface area contributed by atoms with Crippen LogP contribution in [-0.4, -0.2) is 23.8 Å². The number of rotatable bonds is 2. The highest BCUT2D eigenvalue weighted by Crippen LogP contribution is 2.19. The van der Waals surface area contributed by atoms with Crippen molar-refractivity contribution in [2.24, 2.45) is 0 Å². The number of allylic oxidation sites excluding steroid dienone is 2. The van der Waals surface area contributed by atoms with Gasteiger partial charge in [-0.1, -0.05) is 18.7 Å². The van der Waals surface area contributed by atoms with Crippen molar-refractivity contribution in [1.82, 2.24) is 4.90 Å². The lowest BCUT2D eigenvalue weighted by molar-refractivity contribution is -0.135. The fraction of sp³-hybridized carbons (Fsp3) is 0.200. The van der Waals surface area contributed by atoms with E-state index in [4.69, 9.17) is 0 Å². The van der Waals surface area contributed by atoms with E-state index in [0.717, 1.165) is 4.90 Å². The number of nitrogens with zero attached hydrogens (tertiary/aromatic N) is 1.